The number of aliphatic carboxylic acids is 1. The highest BCUT2D eigenvalue weighted by molar-refractivity contribution is 7.80. The summed E-state index contributed by atoms with van der Waals surface area (Å²) in [6, 6.07) is 22.3. The van der Waals surface area contributed by atoms with Crippen molar-refractivity contribution < 1.29 is 23.4 Å². The Kier molecular flexibility index (Phi) is 6.34. The number of rotatable bonds is 7. The quantitative estimate of drug-likeness (QED) is 0.551. The molecule has 0 heterocycles. The molecule has 0 aromatic heterocycles. The van der Waals surface area contributed by atoms with Gasteiger partial charge in [0.2, 0.25) is 0 Å². The lowest BCUT2D eigenvalue weighted by atomic mass is 9.86. The Hall–Kier alpha value is -3.16. The summed E-state index contributed by atoms with van der Waals surface area (Å²) in [5, 5.41) is 8.95. The minimum Gasteiger partial charge on any atom is -0.755 e. The van der Waals surface area contributed by atoms with Crippen molar-refractivity contribution in [3.63, 3.8) is 0 Å². The first-order chi connectivity index (χ1) is 15.0. The standard InChI is InChI=1S/C24H23NO5S/c26-24(27)16-30-23-14-6-11-20-21(23)12-5-13-22(20)25(31(28)29)19-10-4-9-18(15-19)17-7-2-1-3-8-17/h1-4,6-11,14-15,22H,5,12-13,16H2,(H,26,27)(H,28,29)/p-1. The van der Waals surface area contributed by atoms with Gasteiger partial charge in [-0.05, 0) is 59.7 Å². The minimum absolute atomic E-state index is 0.388. The van der Waals surface area contributed by atoms with Crippen molar-refractivity contribution in [2.45, 2.75) is 25.3 Å². The van der Waals surface area contributed by atoms with Gasteiger partial charge in [-0.15, -0.1) is 0 Å². The first kappa shape index (κ1) is 21.1. The Morgan fingerprint density at radius 1 is 1.06 bits per heavy atom. The van der Waals surface area contributed by atoms with E-state index >= 15 is 0 Å². The second kappa shape index (κ2) is 9.32. The minimum atomic E-state index is -2.49. The SMILES string of the molecule is O=C(O)COc1cccc2c1CCCC2N(c1cccc(-c2ccccc2)c1)S(=O)[O-]. The van der Waals surface area contributed by atoms with Gasteiger partial charge < -0.3 is 14.4 Å². The summed E-state index contributed by atoms with van der Waals surface area (Å²) in [6.45, 7) is -0.433. The number of fused-ring (bicyclic) bond motifs is 1. The number of ether oxygens (including phenoxy) is 1. The smallest absolute Gasteiger partial charge is 0.341 e. The van der Waals surface area contributed by atoms with E-state index in [4.69, 9.17) is 9.84 Å². The fourth-order valence-electron chi connectivity index (χ4n) is 4.13. The van der Waals surface area contributed by atoms with Crippen LogP contribution in [0.1, 0.15) is 30.0 Å². The number of anilines is 1. The van der Waals surface area contributed by atoms with Gasteiger partial charge >= 0.3 is 5.97 Å². The van der Waals surface area contributed by atoms with Crippen molar-refractivity contribution in [1.82, 2.24) is 0 Å². The van der Waals surface area contributed by atoms with E-state index in [1.807, 2.05) is 54.6 Å². The van der Waals surface area contributed by atoms with E-state index in [1.165, 1.54) is 4.31 Å². The van der Waals surface area contributed by atoms with E-state index in [-0.39, 0.29) is 6.04 Å². The van der Waals surface area contributed by atoms with Crippen LogP contribution in [0.2, 0.25) is 0 Å². The molecule has 0 fully saturated rings. The van der Waals surface area contributed by atoms with Crippen LogP contribution in [0.5, 0.6) is 5.75 Å². The number of nitrogens with zero attached hydrogens (tertiary/aromatic N) is 1. The Morgan fingerprint density at radius 3 is 2.55 bits per heavy atom. The maximum Gasteiger partial charge on any atom is 0.341 e. The topological polar surface area (TPSA) is 89.9 Å². The second-order valence-electron chi connectivity index (χ2n) is 7.37. The molecule has 0 aliphatic heterocycles. The van der Waals surface area contributed by atoms with Crippen LogP contribution in [0, 0.1) is 0 Å². The van der Waals surface area contributed by atoms with Crippen LogP contribution in [0.3, 0.4) is 0 Å². The van der Waals surface area contributed by atoms with Crippen LogP contribution in [-0.2, 0) is 22.5 Å². The monoisotopic (exact) mass is 436 g/mol. The molecule has 0 saturated heterocycles. The fraction of sp³-hybridized carbons (Fsp3) is 0.208. The average molecular weight is 437 g/mol. The molecule has 160 valence electrons. The molecule has 1 aliphatic rings. The molecular weight excluding hydrogens is 414 g/mol. The Balaban J connectivity index is 1.72. The van der Waals surface area contributed by atoms with Gasteiger partial charge in [0, 0.05) is 17.0 Å². The van der Waals surface area contributed by atoms with Crippen molar-refractivity contribution in [2.24, 2.45) is 0 Å². The summed E-state index contributed by atoms with van der Waals surface area (Å²) in [5.41, 5.74) is 4.25. The zero-order chi connectivity index (χ0) is 21.8. The first-order valence-electron chi connectivity index (χ1n) is 10.0. The van der Waals surface area contributed by atoms with Crippen molar-refractivity contribution in [1.29, 1.82) is 0 Å². The van der Waals surface area contributed by atoms with Gasteiger partial charge in [0.15, 0.2) is 6.61 Å². The average Bonchev–Trinajstić information content (AvgIpc) is 2.78. The zero-order valence-electron chi connectivity index (χ0n) is 16.8. The Bertz CT molecular complexity index is 1100. The van der Waals surface area contributed by atoms with Gasteiger partial charge in [0.1, 0.15) is 5.75 Å². The molecule has 2 atom stereocenters. The number of hydrogen-bond donors (Lipinski definition) is 1. The third-order valence-corrected chi connectivity index (χ3v) is 6.22. The van der Waals surface area contributed by atoms with E-state index in [2.05, 4.69) is 0 Å². The number of carboxylic acids is 1. The van der Waals surface area contributed by atoms with Crippen molar-refractivity contribution in [3.8, 4) is 16.9 Å². The van der Waals surface area contributed by atoms with Gasteiger partial charge in [-0.25, -0.2) is 4.79 Å². The van der Waals surface area contributed by atoms with Crippen LogP contribution in [-0.4, -0.2) is 26.4 Å². The van der Waals surface area contributed by atoms with Crippen molar-refractivity contribution in [2.75, 3.05) is 10.9 Å². The zero-order valence-corrected chi connectivity index (χ0v) is 17.6. The number of carboxylic acid groups (broad SMARTS) is 1. The van der Waals surface area contributed by atoms with E-state index in [0.717, 1.165) is 28.7 Å². The molecule has 7 heteroatoms. The highest BCUT2D eigenvalue weighted by atomic mass is 32.2. The molecule has 0 spiro atoms. The summed E-state index contributed by atoms with van der Waals surface area (Å²) in [6.07, 6.45) is 2.15. The van der Waals surface area contributed by atoms with Crippen LogP contribution >= 0.6 is 0 Å². The number of hydrogen-bond acceptors (Lipinski definition) is 4. The lowest BCUT2D eigenvalue weighted by Crippen LogP contribution is -2.33. The molecule has 0 radical (unpaired) electrons. The third-order valence-electron chi connectivity index (χ3n) is 5.44. The van der Waals surface area contributed by atoms with Gasteiger partial charge in [0.25, 0.3) is 0 Å². The lowest BCUT2D eigenvalue weighted by Gasteiger charge is -2.38. The van der Waals surface area contributed by atoms with E-state index in [9.17, 15) is 13.6 Å². The normalized spacial score (nSPS) is 16.2. The van der Waals surface area contributed by atoms with Gasteiger partial charge in [-0.1, -0.05) is 54.6 Å². The highest BCUT2D eigenvalue weighted by Crippen LogP contribution is 2.41. The summed E-state index contributed by atoms with van der Waals surface area (Å²) in [5.74, 6) is -0.552. The molecule has 1 aliphatic carbocycles. The van der Waals surface area contributed by atoms with Gasteiger partial charge in [-0.3, -0.25) is 8.51 Å². The molecule has 31 heavy (non-hydrogen) atoms. The van der Waals surface area contributed by atoms with Crippen molar-refractivity contribution >= 4 is 22.9 Å². The van der Waals surface area contributed by atoms with E-state index in [0.29, 0.717) is 24.3 Å². The maximum atomic E-state index is 12.4. The number of carbonyl (C=O) groups is 1. The molecule has 0 bridgehead atoms. The number of benzene rings is 3. The molecule has 3 aromatic carbocycles. The van der Waals surface area contributed by atoms with Crippen LogP contribution in [0.25, 0.3) is 11.1 Å². The molecule has 1 N–H and O–H groups in total. The summed E-state index contributed by atoms with van der Waals surface area (Å²) < 4.78 is 31.6. The van der Waals surface area contributed by atoms with E-state index in [1.54, 1.807) is 18.2 Å². The predicted molar refractivity (Wildman–Crippen MR) is 119 cm³/mol. The highest BCUT2D eigenvalue weighted by Gasteiger charge is 2.29. The molecule has 2 unspecified atom stereocenters. The first-order valence-corrected chi connectivity index (χ1v) is 11.1. The molecule has 0 saturated carbocycles. The maximum absolute atomic E-state index is 12.4. The largest absolute Gasteiger partial charge is 0.755 e. The molecule has 6 nitrogen and oxygen atoms in total. The summed E-state index contributed by atoms with van der Waals surface area (Å²) >= 11 is -2.49. The van der Waals surface area contributed by atoms with Gasteiger partial charge in [0.05, 0.1) is 6.04 Å². The third kappa shape index (κ3) is 4.62. The summed E-state index contributed by atoms with van der Waals surface area (Å²) in [7, 11) is 0. The Morgan fingerprint density at radius 2 is 1.81 bits per heavy atom. The van der Waals surface area contributed by atoms with Crippen LogP contribution in [0.15, 0.2) is 72.8 Å². The second-order valence-corrected chi connectivity index (χ2v) is 8.20. The predicted octanol–water partition coefficient (Wildman–Crippen LogP) is 4.50. The van der Waals surface area contributed by atoms with Crippen LogP contribution in [0.4, 0.5) is 5.69 Å². The molecule has 0 amide bonds. The fourth-order valence-corrected chi connectivity index (χ4v) is 4.84. The lowest BCUT2D eigenvalue weighted by molar-refractivity contribution is -0.139. The summed E-state index contributed by atoms with van der Waals surface area (Å²) in [4.78, 5) is 10.9. The molecule has 4 rings (SSSR count). The van der Waals surface area contributed by atoms with E-state index < -0.39 is 23.8 Å². The van der Waals surface area contributed by atoms with Gasteiger partial charge in [-0.2, -0.15) is 0 Å². The Labute approximate surface area is 183 Å². The molecular formula is C24H22NO5S-. The van der Waals surface area contributed by atoms with Crippen molar-refractivity contribution in [3.05, 3.63) is 83.9 Å². The van der Waals surface area contributed by atoms with Crippen LogP contribution < -0.4 is 9.04 Å². The molecule has 3 aromatic rings.